The molecule has 0 radical (unpaired) electrons. The number of hydrogen-bond acceptors (Lipinski definition) is 4. The second-order valence-corrected chi connectivity index (χ2v) is 3.49. The maximum absolute atomic E-state index is 10.9. The van der Waals surface area contributed by atoms with Crippen molar-refractivity contribution in [2.75, 3.05) is 5.84 Å². The highest BCUT2D eigenvalue weighted by molar-refractivity contribution is 6.30. The van der Waals surface area contributed by atoms with E-state index in [0.717, 1.165) is 4.68 Å². The van der Waals surface area contributed by atoms with Gasteiger partial charge in [-0.2, -0.15) is 9.77 Å². The van der Waals surface area contributed by atoms with Crippen molar-refractivity contribution < 1.29 is 4.74 Å². The molecule has 6 nitrogen and oxygen atoms in total. The quantitative estimate of drug-likeness (QED) is 0.766. The predicted octanol–water partition coefficient (Wildman–Crippen LogP) is 0.518. The van der Waals surface area contributed by atoms with Gasteiger partial charge in [0.25, 0.3) is 0 Å². The second-order valence-electron chi connectivity index (χ2n) is 3.06. The largest absolute Gasteiger partial charge is 0.486 e. The van der Waals surface area contributed by atoms with Crippen LogP contribution in [0.2, 0.25) is 5.02 Å². The van der Waals surface area contributed by atoms with Gasteiger partial charge in [-0.25, -0.2) is 9.89 Å². The molecule has 7 heteroatoms. The minimum atomic E-state index is -0.477. The molecule has 0 fully saturated rings. The summed E-state index contributed by atoms with van der Waals surface area (Å²) >= 11 is 5.72. The molecule has 3 N–H and O–H groups in total. The molecule has 0 saturated heterocycles. The Morgan fingerprint density at radius 2 is 2.12 bits per heavy atom. The number of H-pyrrole nitrogens is 1. The Morgan fingerprint density at radius 1 is 1.44 bits per heavy atom. The van der Waals surface area contributed by atoms with Crippen molar-refractivity contribution in [1.29, 1.82) is 0 Å². The van der Waals surface area contributed by atoms with Crippen molar-refractivity contribution in [2.24, 2.45) is 0 Å². The molecule has 1 aromatic carbocycles. The Balaban J connectivity index is 2.05. The molecule has 0 atom stereocenters. The third kappa shape index (κ3) is 2.17. The van der Waals surface area contributed by atoms with Crippen molar-refractivity contribution in [3.8, 4) is 5.75 Å². The fraction of sp³-hybridized carbons (Fsp3) is 0.111. The highest BCUT2D eigenvalue weighted by Crippen LogP contribution is 2.16. The molecule has 0 amide bonds. The topological polar surface area (TPSA) is 85.9 Å². The van der Waals surface area contributed by atoms with Gasteiger partial charge in [-0.3, -0.25) is 0 Å². The zero-order chi connectivity index (χ0) is 11.5. The number of halogens is 1. The summed E-state index contributed by atoms with van der Waals surface area (Å²) in [6.07, 6.45) is 0. The van der Waals surface area contributed by atoms with Crippen molar-refractivity contribution in [3.63, 3.8) is 0 Å². The highest BCUT2D eigenvalue weighted by atomic mass is 35.5. The van der Waals surface area contributed by atoms with E-state index in [2.05, 4.69) is 10.2 Å². The Labute approximate surface area is 95.6 Å². The van der Waals surface area contributed by atoms with E-state index >= 15 is 0 Å². The molecule has 0 aliphatic heterocycles. The summed E-state index contributed by atoms with van der Waals surface area (Å²) < 4.78 is 6.26. The van der Waals surface area contributed by atoms with Crippen molar-refractivity contribution in [2.45, 2.75) is 6.61 Å². The van der Waals surface area contributed by atoms with Gasteiger partial charge in [0.05, 0.1) is 0 Å². The second kappa shape index (κ2) is 4.28. The summed E-state index contributed by atoms with van der Waals surface area (Å²) in [5, 5.41) is 6.54. The number of nitrogen functional groups attached to an aromatic ring is 1. The summed E-state index contributed by atoms with van der Waals surface area (Å²) in [5.41, 5.74) is -0.477. The first-order valence-corrected chi connectivity index (χ1v) is 4.84. The lowest BCUT2D eigenvalue weighted by Gasteiger charge is -2.04. The van der Waals surface area contributed by atoms with E-state index in [1.54, 1.807) is 24.3 Å². The van der Waals surface area contributed by atoms with Crippen LogP contribution in [0.1, 0.15) is 5.82 Å². The van der Waals surface area contributed by atoms with Crippen LogP contribution in [0.15, 0.2) is 29.1 Å². The first-order chi connectivity index (χ1) is 7.66. The molecule has 1 aromatic heterocycles. The normalized spacial score (nSPS) is 10.3. The van der Waals surface area contributed by atoms with Crippen LogP contribution in [-0.2, 0) is 6.61 Å². The Hall–Kier alpha value is -1.95. The molecule has 2 rings (SSSR count). The lowest BCUT2D eigenvalue weighted by atomic mass is 10.3. The minimum absolute atomic E-state index is 0.108. The maximum Gasteiger partial charge on any atom is 0.362 e. The highest BCUT2D eigenvalue weighted by Gasteiger charge is 2.05. The molecule has 0 aliphatic rings. The van der Waals surface area contributed by atoms with Crippen LogP contribution >= 0.6 is 11.6 Å². The van der Waals surface area contributed by atoms with Gasteiger partial charge >= 0.3 is 5.69 Å². The third-order valence-electron chi connectivity index (χ3n) is 1.96. The van der Waals surface area contributed by atoms with Gasteiger partial charge in [0.2, 0.25) is 0 Å². The van der Waals surface area contributed by atoms with Crippen molar-refractivity contribution in [1.82, 2.24) is 14.9 Å². The van der Waals surface area contributed by atoms with Crippen LogP contribution in [0.5, 0.6) is 5.75 Å². The van der Waals surface area contributed by atoms with Crippen LogP contribution in [0.25, 0.3) is 0 Å². The van der Waals surface area contributed by atoms with Gasteiger partial charge in [-0.15, -0.1) is 0 Å². The van der Waals surface area contributed by atoms with Crippen LogP contribution in [-0.4, -0.2) is 14.9 Å². The molecular weight excluding hydrogens is 232 g/mol. The van der Waals surface area contributed by atoms with Crippen LogP contribution in [0, 0.1) is 0 Å². The van der Waals surface area contributed by atoms with Crippen molar-refractivity contribution in [3.05, 3.63) is 45.6 Å². The third-order valence-corrected chi connectivity index (χ3v) is 2.21. The summed E-state index contributed by atoms with van der Waals surface area (Å²) in [6, 6.07) is 6.84. The van der Waals surface area contributed by atoms with E-state index in [4.69, 9.17) is 22.2 Å². The van der Waals surface area contributed by atoms with E-state index in [-0.39, 0.29) is 6.61 Å². The first-order valence-electron chi connectivity index (χ1n) is 4.46. The van der Waals surface area contributed by atoms with Crippen molar-refractivity contribution >= 4 is 11.6 Å². The minimum Gasteiger partial charge on any atom is -0.486 e. The summed E-state index contributed by atoms with van der Waals surface area (Å²) in [5.74, 6) is 6.34. The van der Waals surface area contributed by atoms with E-state index in [0.29, 0.717) is 16.6 Å². The monoisotopic (exact) mass is 240 g/mol. The standard InChI is InChI=1S/C9H9ClN4O2/c10-6-1-3-7(4-2-6)16-5-8-12-13-9(15)14(8)11/h1-4H,5,11H2,(H,13,15). The summed E-state index contributed by atoms with van der Waals surface area (Å²) in [7, 11) is 0. The molecule has 0 unspecified atom stereocenters. The van der Waals surface area contributed by atoms with Gasteiger partial charge in [0.15, 0.2) is 5.82 Å². The number of benzene rings is 1. The molecule has 0 saturated carbocycles. The fourth-order valence-electron chi connectivity index (χ4n) is 1.12. The van der Waals surface area contributed by atoms with Crippen LogP contribution < -0.4 is 16.3 Å². The number of nitrogens with one attached hydrogen (secondary N) is 1. The Bertz CT molecular complexity index is 531. The number of ether oxygens (including phenoxy) is 1. The SMILES string of the molecule is Nn1c(COc2ccc(Cl)cc2)n[nH]c1=O. The van der Waals surface area contributed by atoms with Gasteiger partial charge in [-0.05, 0) is 24.3 Å². The average Bonchev–Trinajstić information content (AvgIpc) is 2.60. The zero-order valence-corrected chi connectivity index (χ0v) is 8.94. The lowest BCUT2D eigenvalue weighted by Crippen LogP contribution is -2.26. The lowest BCUT2D eigenvalue weighted by molar-refractivity contribution is 0.292. The number of aromatic nitrogens is 3. The van der Waals surface area contributed by atoms with Gasteiger partial charge in [0.1, 0.15) is 12.4 Å². The Morgan fingerprint density at radius 3 is 2.69 bits per heavy atom. The van der Waals surface area contributed by atoms with E-state index < -0.39 is 5.69 Å². The fourth-order valence-corrected chi connectivity index (χ4v) is 1.24. The summed E-state index contributed by atoms with van der Waals surface area (Å²) in [6.45, 7) is 0.108. The molecule has 84 valence electrons. The van der Waals surface area contributed by atoms with Crippen LogP contribution in [0.4, 0.5) is 0 Å². The zero-order valence-electron chi connectivity index (χ0n) is 8.18. The number of rotatable bonds is 3. The molecular formula is C9H9ClN4O2. The van der Waals surface area contributed by atoms with Crippen LogP contribution in [0.3, 0.4) is 0 Å². The van der Waals surface area contributed by atoms with Gasteiger partial charge in [-0.1, -0.05) is 11.6 Å². The van der Waals surface area contributed by atoms with Gasteiger partial charge in [0, 0.05) is 5.02 Å². The molecule has 0 aliphatic carbocycles. The van der Waals surface area contributed by atoms with E-state index in [1.165, 1.54) is 0 Å². The number of hydrogen-bond donors (Lipinski definition) is 2. The smallest absolute Gasteiger partial charge is 0.362 e. The Kier molecular flexibility index (Phi) is 2.82. The maximum atomic E-state index is 10.9. The number of nitrogens with zero attached hydrogens (tertiary/aromatic N) is 2. The molecule has 2 aromatic rings. The summed E-state index contributed by atoms with van der Waals surface area (Å²) in [4.78, 5) is 10.9. The number of aromatic amines is 1. The van der Waals surface area contributed by atoms with E-state index in [1.807, 2.05) is 0 Å². The molecule has 0 bridgehead atoms. The van der Waals surface area contributed by atoms with Gasteiger partial charge < -0.3 is 10.6 Å². The molecule has 0 spiro atoms. The average molecular weight is 241 g/mol. The predicted molar refractivity (Wildman–Crippen MR) is 58.8 cm³/mol. The first kappa shape index (κ1) is 10.6. The van der Waals surface area contributed by atoms with E-state index in [9.17, 15) is 4.79 Å². The molecule has 1 heterocycles. The number of nitrogens with two attached hydrogens (primary N) is 1. The molecule has 16 heavy (non-hydrogen) atoms.